The summed E-state index contributed by atoms with van der Waals surface area (Å²) < 4.78 is 12.5. The number of furan rings is 1. The smallest absolute Gasteiger partial charge is 0.289 e. The van der Waals surface area contributed by atoms with E-state index in [1.807, 2.05) is 17.0 Å². The van der Waals surface area contributed by atoms with E-state index in [0.717, 1.165) is 31.8 Å². The Labute approximate surface area is 181 Å². The van der Waals surface area contributed by atoms with Crippen LogP contribution in [0.25, 0.3) is 0 Å². The van der Waals surface area contributed by atoms with Crippen LogP contribution in [0.2, 0.25) is 0 Å². The molecular formula is C24H27N3O4. The van der Waals surface area contributed by atoms with Crippen molar-refractivity contribution < 1.29 is 13.9 Å². The van der Waals surface area contributed by atoms with Crippen molar-refractivity contribution in [2.45, 2.75) is 19.5 Å². The average Bonchev–Trinajstić information content (AvgIpc) is 3.13. The molecule has 162 valence electrons. The minimum atomic E-state index is -0.101. The van der Waals surface area contributed by atoms with Crippen LogP contribution < -0.4 is 10.3 Å². The Morgan fingerprint density at radius 1 is 0.968 bits per heavy atom. The summed E-state index contributed by atoms with van der Waals surface area (Å²) in [6.07, 6.45) is 2.62. The molecule has 0 saturated carbocycles. The minimum Gasteiger partial charge on any atom is -0.497 e. The Bertz CT molecular complexity index is 1070. The molecule has 1 aliphatic rings. The van der Waals surface area contributed by atoms with Gasteiger partial charge in [-0.1, -0.05) is 18.2 Å². The van der Waals surface area contributed by atoms with Gasteiger partial charge in [0.1, 0.15) is 11.5 Å². The molecule has 0 N–H and O–H groups in total. The zero-order valence-corrected chi connectivity index (χ0v) is 17.7. The van der Waals surface area contributed by atoms with E-state index in [0.29, 0.717) is 31.2 Å². The number of hydrogen-bond donors (Lipinski definition) is 0. The second-order valence-corrected chi connectivity index (χ2v) is 7.70. The Morgan fingerprint density at radius 2 is 1.81 bits per heavy atom. The SMILES string of the molecule is COc1ccc(CN2CCCN(C(=O)c3ccc(Cn4ccccc4=O)o3)CC2)cc1. The molecular weight excluding hydrogens is 394 g/mol. The van der Waals surface area contributed by atoms with Crippen molar-refractivity contribution in [2.24, 2.45) is 0 Å². The fraction of sp³-hybridized carbons (Fsp3) is 0.333. The van der Waals surface area contributed by atoms with Crippen molar-refractivity contribution in [1.82, 2.24) is 14.4 Å². The Balaban J connectivity index is 1.34. The summed E-state index contributed by atoms with van der Waals surface area (Å²) in [5.74, 6) is 1.67. The number of carbonyl (C=O) groups excluding carboxylic acids is 1. The minimum absolute atomic E-state index is 0.0991. The van der Waals surface area contributed by atoms with Crippen LogP contribution in [0.15, 0.2) is 70.0 Å². The van der Waals surface area contributed by atoms with E-state index in [1.54, 1.807) is 42.1 Å². The lowest BCUT2D eigenvalue weighted by atomic mass is 10.2. The molecule has 0 unspecified atom stereocenters. The summed E-state index contributed by atoms with van der Waals surface area (Å²) in [6.45, 7) is 4.27. The van der Waals surface area contributed by atoms with E-state index < -0.39 is 0 Å². The van der Waals surface area contributed by atoms with Gasteiger partial charge in [0.05, 0.1) is 13.7 Å². The maximum absolute atomic E-state index is 13.0. The highest BCUT2D eigenvalue weighted by Gasteiger charge is 2.23. The van der Waals surface area contributed by atoms with Gasteiger partial charge in [-0.05, 0) is 42.3 Å². The van der Waals surface area contributed by atoms with Gasteiger partial charge >= 0.3 is 0 Å². The molecule has 3 aromatic rings. The average molecular weight is 421 g/mol. The predicted molar refractivity (Wildman–Crippen MR) is 117 cm³/mol. The number of aromatic nitrogens is 1. The highest BCUT2D eigenvalue weighted by molar-refractivity contribution is 5.91. The van der Waals surface area contributed by atoms with Gasteiger partial charge in [0.25, 0.3) is 11.5 Å². The molecule has 0 atom stereocenters. The van der Waals surface area contributed by atoms with Crippen LogP contribution >= 0.6 is 0 Å². The first-order valence-corrected chi connectivity index (χ1v) is 10.5. The molecule has 2 aromatic heterocycles. The molecule has 1 aliphatic heterocycles. The van der Waals surface area contributed by atoms with Crippen molar-refractivity contribution in [2.75, 3.05) is 33.3 Å². The number of nitrogens with zero attached hydrogens (tertiary/aromatic N) is 3. The fourth-order valence-electron chi connectivity index (χ4n) is 3.81. The van der Waals surface area contributed by atoms with Gasteiger partial charge in [-0.2, -0.15) is 0 Å². The van der Waals surface area contributed by atoms with Crippen molar-refractivity contribution >= 4 is 5.91 Å². The third-order valence-electron chi connectivity index (χ3n) is 5.54. The van der Waals surface area contributed by atoms with Crippen LogP contribution in [0.3, 0.4) is 0 Å². The number of carbonyl (C=O) groups is 1. The fourth-order valence-corrected chi connectivity index (χ4v) is 3.81. The lowest BCUT2D eigenvalue weighted by molar-refractivity contribution is 0.0727. The lowest BCUT2D eigenvalue weighted by Crippen LogP contribution is -2.34. The molecule has 0 aliphatic carbocycles. The molecule has 0 radical (unpaired) electrons. The summed E-state index contributed by atoms with van der Waals surface area (Å²) in [5.41, 5.74) is 1.13. The summed E-state index contributed by atoms with van der Waals surface area (Å²) in [7, 11) is 1.67. The second-order valence-electron chi connectivity index (χ2n) is 7.70. The molecule has 1 aromatic carbocycles. The molecule has 0 bridgehead atoms. The summed E-state index contributed by atoms with van der Waals surface area (Å²) in [4.78, 5) is 29.0. The van der Waals surface area contributed by atoms with Crippen molar-refractivity contribution in [3.63, 3.8) is 0 Å². The number of ether oxygens (including phenoxy) is 1. The Morgan fingerprint density at radius 3 is 2.58 bits per heavy atom. The van der Waals surface area contributed by atoms with Crippen LogP contribution in [0.1, 0.15) is 28.3 Å². The monoisotopic (exact) mass is 421 g/mol. The summed E-state index contributed by atoms with van der Waals surface area (Å²) >= 11 is 0. The largest absolute Gasteiger partial charge is 0.497 e. The highest BCUT2D eigenvalue weighted by Crippen LogP contribution is 2.16. The van der Waals surface area contributed by atoms with E-state index in [9.17, 15) is 9.59 Å². The second kappa shape index (κ2) is 9.66. The van der Waals surface area contributed by atoms with Crippen LogP contribution in [0.5, 0.6) is 5.75 Å². The van der Waals surface area contributed by atoms with E-state index in [-0.39, 0.29) is 11.5 Å². The van der Waals surface area contributed by atoms with Crippen LogP contribution in [0, 0.1) is 0 Å². The molecule has 1 saturated heterocycles. The van der Waals surface area contributed by atoms with Gasteiger partial charge in [-0.25, -0.2) is 0 Å². The number of rotatable bonds is 6. The number of amides is 1. The molecule has 4 rings (SSSR count). The number of methoxy groups -OCH3 is 1. The van der Waals surface area contributed by atoms with E-state index in [1.165, 1.54) is 11.6 Å². The summed E-state index contributed by atoms with van der Waals surface area (Å²) in [5, 5.41) is 0. The van der Waals surface area contributed by atoms with Gasteiger partial charge in [-0.15, -0.1) is 0 Å². The zero-order valence-electron chi connectivity index (χ0n) is 17.7. The maximum atomic E-state index is 13.0. The summed E-state index contributed by atoms with van der Waals surface area (Å²) in [6, 6.07) is 16.6. The van der Waals surface area contributed by atoms with Gasteiger partial charge in [0.2, 0.25) is 0 Å². The lowest BCUT2D eigenvalue weighted by Gasteiger charge is -2.21. The van der Waals surface area contributed by atoms with E-state index >= 15 is 0 Å². The standard InChI is InChI=1S/C24H27N3O4/c1-30-20-8-6-19(7-9-20)17-25-12-4-14-26(16-15-25)24(29)22-11-10-21(31-22)18-27-13-3-2-5-23(27)28/h2-3,5-11,13H,4,12,14-18H2,1H3. The Kier molecular flexibility index (Phi) is 6.52. The van der Waals surface area contributed by atoms with Gasteiger partial charge in [-0.3, -0.25) is 14.5 Å². The highest BCUT2D eigenvalue weighted by atomic mass is 16.5. The van der Waals surface area contributed by atoms with Crippen LogP contribution in [0.4, 0.5) is 0 Å². The molecule has 31 heavy (non-hydrogen) atoms. The third-order valence-corrected chi connectivity index (χ3v) is 5.54. The molecule has 1 fully saturated rings. The first-order chi connectivity index (χ1) is 15.1. The number of hydrogen-bond acceptors (Lipinski definition) is 5. The maximum Gasteiger partial charge on any atom is 0.289 e. The zero-order chi connectivity index (χ0) is 21.6. The van der Waals surface area contributed by atoms with Crippen LogP contribution in [-0.2, 0) is 13.1 Å². The van der Waals surface area contributed by atoms with Gasteiger partial charge < -0.3 is 18.6 Å². The third kappa shape index (κ3) is 5.24. The quantitative estimate of drug-likeness (QED) is 0.612. The first kappa shape index (κ1) is 20.9. The van der Waals surface area contributed by atoms with Gasteiger partial charge in [0.15, 0.2) is 5.76 Å². The number of benzene rings is 1. The Hall–Kier alpha value is -3.32. The topological polar surface area (TPSA) is 67.9 Å². The molecule has 0 spiro atoms. The van der Waals surface area contributed by atoms with E-state index in [2.05, 4.69) is 17.0 Å². The number of pyridine rings is 1. The van der Waals surface area contributed by atoms with Crippen LogP contribution in [-0.4, -0.2) is 53.6 Å². The molecule has 3 heterocycles. The molecule has 1 amide bonds. The first-order valence-electron chi connectivity index (χ1n) is 10.5. The van der Waals surface area contributed by atoms with Crippen molar-refractivity contribution in [1.29, 1.82) is 0 Å². The molecule has 7 nitrogen and oxygen atoms in total. The molecule has 7 heteroatoms. The normalized spacial score (nSPS) is 14.9. The van der Waals surface area contributed by atoms with Crippen molar-refractivity contribution in [3.05, 3.63) is 88.2 Å². The van der Waals surface area contributed by atoms with Gasteiger partial charge in [0, 0.05) is 45.0 Å². The van der Waals surface area contributed by atoms with Crippen molar-refractivity contribution in [3.8, 4) is 5.75 Å². The van der Waals surface area contributed by atoms with E-state index in [4.69, 9.17) is 9.15 Å². The predicted octanol–water partition coefficient (Wildman–Crippen LogP) is 2.85.